The summed E-state index contributed by atoms with van der Waals surface area (Å²) in [6.45, 7) is 0.544. The van der Waals surface area contributed by atoms with Crippen LogP contribution in [0.25, 0.3) is 0 Å². The van der Waals surface area contributed by atoms with Gasteiger partial charge < -0.3 is 15.2 Å². The van der Waals surface area contributed by atoms with Crippen molar-refractivity contribution >= 4 is 17.5 Å². The van der Waals surface area contributed by atoms with E-state index in [4.69, 9.17) is 10.00 Å². The molecule has 2 heterocycles. The fourth-order valence-electron chi connectivity index (χ4n) is 2.08. The molecule has 1 aromatic heterocycles. The van der Waals surface area contributed by atoms with E-state index >= 15 is 0 Å². The van der Waals surface area contributed by atoms with Gasteiger partial charge in [0, 0.05) is 32.1 Å². The number of hydrogen-bond donors (Lipinski definition) is 2. The number of nitro groups is 1. The van der Waals surface area contributed by atoms with Gasteiger partial charge in [0.25, 0.3) is 5.69 Å². The van der Waals surface area contributed by atoms with Crippen LogP contribution >= 0.6 is 0 Å². The fourth-order valence-corrected chi connectivity index (χ4v) is 2.08. The Hall–Kier alpha value is -2.73. The van der Waals surface area contributed by atoms with Crippen LogP contribution in [0.15, 0.2) is 12.3 Å². The number of carbonyl (C=O) groups is 1. The van der Waals surface area contributed by atoms with Crippen LogP contribution in [0.3, 0.4) is 0 Å². The van der Waals surface area contributed by atoms with Crippen molar-refractivity contribution in [2.24, 2.45) is 0 Å². The summed E-state index contributed by atoms with van der Waals surface area (Å²) in [6.07, 6.45) is 1.41. The number of ether oxygens (including phenoxy) is 1. The number of carboxylic acid groups (broad SMARTS) is 1. The van der Waals surface area contributed by atoms with Gasteiger partial charge in [0.15, 0.2) is 0 Å². The molecule has 1 aliphatic rings. The van der Waals surface area contributed by atoms with E-state index in [-0.39, 0.29) is 43.1 Å². The summed E-state index contributed by atoms with van der Waals surface area (Å²) < 4.78 is 5.14. The van der Waals surface area contributed by atoms with E-state index in [2.05, 4.69) is 10.3 Å². The Morgan fingerprint density at radius 3 is 2.76 bits per heavy atom. The van der Waals surface area contributed by atoms with Gasteiger partial charge >= 0.3 is 5.97 Å². The molecule has 9 nitrogen and oxygen atoms in total. The van der Waals surface area contributed by atoms with Gasteiger partial charge in [-0.3, -0.25) is 10.1 Å². The molecule has 0 saturated carbocycles. The Bertz CT molecular complexity index is 619. The summed E-state index contributed by atoms with van der Waals surface area (Å²) in [5.74, 6) is -1.05. The summed E-state index contributed by atoms with van der Waals surface area (Å²) in [7, 11) is 0. The van der Waals surface area contributed by atoms with Gasteiger partial charge in [0.1, 0.15) is 29.2 Å². The summed E-state index contributed by atoms with van der Waals surface area (Å²) in [6, 6.07) is 2.84. The van der Waals surface area contributed by atoms with Crippen LogP contribution in [-0.2, 0) is 9.53 Å². The van der Waals surface area contributed by atoms with E-state index in [1.165, 1.54) is 0 Å². The summed E-state index contributed by atoms with van der Waals surface area (Å²) in [5, 5.41) is 31.9. The smallest absolute Gasteiger partial charge is 0.329 e. The maximum absolute atomic E-state index is 11.5. The lowest BCUT2D eigenvalue weighted by molar-refractivity contribution is -0.385. The third kappa shape index (κ3) is 2.90. The van der Waals surface area contributed by atoms with Crippen LogP contribution in [0.2, 0.25) is 0 Å². The van der Waals surface area contributed by atoms with Crippen LogP contribution in [-0.4, -0.2) is 39.7 Å². The lowest BCUT2D eigenvalue weighted by atomic mass is 9.90. The number of hydrogen-bond acceptors (Lipinski definition) is 7. The number of nitrogens with zero attached hydrogens (tertiary/aromatic N) is 3. The van der Waals surface area contributed by atoms with Crippen LogP contribution in [0, 0.1) is 21.4 Å². The standard InChI is InChI=1S/C12H12N4O5/c13-6-8-5-9(16(19)20)7-14-10(8)15-12(11(17)18)1-3-21-4-2-12/h5,7H,1-4H2,(H,14,15)(H,17,18). The van der Waals surface area contributed by atoms with E-state index in [1.807, 2.05) is 0 Å². The fraction of sp³-hybridized carbons (Fsp3) is 0.417. The molecule has 0 aliphatic carbocycles. The molecule has 0 bridgehead atoms. The first-order chi connectivity index (χ1) is 9.98. The van der Waals surface area contributed by atoms with Gasteiger partial charge in [0.2, 0.25) is 0 Å². The van der Waals surface area contributed by atoms with E-state index in [9.17, 15) is 20.0 Å². The molecule has 0 unspecified atom stereocenters. The molecule has 2 rings (SSSR count). The zero-order chi connectivity index (χ0) is 15.5. The van der Waals surface area contributed by atoms with Crippen molar-refractivity contribution in [3.8, 4) is 6.07 Å². The van der Waals surface area contributed by atoms with Crippen molar-refractivity contribution in [3.63, 3.8) is 0 Å². The summed E-state index contributed by atoms with van der Waals surface area (Å²) >= 11 is 0. The number of anilines is 1. The lowest BCUT2D eigenvalue weighted by Gasteiger charge is -2.34. The van der Waals surface area contributed by atoms with E-state index in [1.54, 1.807) is 6.07 Å². The molecule has 1 aromatic rings. The highest BCUT2D eigenvalue weighted by atomic mass is 16.6. The van der Waals surface area contributed by atoms with Crippen LogP contribution < -0.4 is 5.32 Å². The molecule has 0 amide bonds. The van der Waals surface area contributed by atoms with Crippen LogP contribution in [0.1, 0.15) is 18.4 Å². The van der Waals surface area contributed by atoms with Gasteiger partial charge in [-0.25, -0.2) is 9.78 Å². The first-order valence-electron chi connectivity index (χ1n) is 6.12. The van der Waals surface area contributed by atoms with Gasteiger partial charge in [-0.05, 0) is 0 Å². The minimum Gasteiger partial charge on any atom is -0.480 e. The molecule has 110 valence electrons. The SMILES string of the molecule is N#Cc1cc([N+](=O)[O-])cnc1NC1(C(=O)O)CCOCC1. The minimum absolute atomic E-state index is 0.0207. The molecule has 2 N–H and O–H groups in total. The average molecular weight is 292 g/mol. The second-order valence-corrected chi connectivity index (χ2v) is 4.58. The third-order valence-corrected chi connectivity index (χ3v) is 3.32. The molecule has 1 aliphatic heterocycles. The third-order valence-electron chi connectivity index (χ3n) is 3.32. The monoisotopic (exact) mass is 292 g/mol. The minimum atomic E-state index is -1.28. The van der Waals surface area contributed by atoms with Crippen molar-refractivity contribution in [1.82, 2.24) is 4.98 Å². The second kappa shape index (κ2) is 5.72. The Morgan fingerprint density at radius 2 is 2.24 bits per heavy atom. The molecule has 0 aromatic carbocycles. The number of pyridine rings is 1. The van der Waals surface area contributed by atoms with E-state index in [0.29, 0.717) is 0 Å². The Labute approximate surface area is 119 Å². The maximum Gasteiger partial charge on any atom is 0.329 e. The highest BCUT2D eigenvalue weighted by molar-refractivity contribution is 5.83. The number of rotatable bonds is 4. The highest BCUT2D eigenvalue weighted by Gasteiger charge is 2.41. The predicted octanol–water partition coefficient (Wildman–Crippen LogP) is 0.907. The van der Waals surface area contributed by atoms with Gasteiger partial charge in [-0.2, -0.15) is 5.26 Å². The summed E-state index contributed by atoms with van der Waals surface area (Å²) in [5.41, 5.74) is -1.68. The summed E-state index contributed by atoms with van der Waals surface area (Å²) in [4.78, 5) is 25.3. The number of nitriles is 1. The van der Waals surface area contributed by atoms with Crippen molar-refractivity contribution < 1.29 is 19.6 Å². The Balaban J connectivity index is 2.35. The van der Waals surface area contributed by atoms with E-state index < -0.39 is 16.4 Å². The first-order valence-corrected chi connectivity index (χ1v) is 6.12. The normalized spacial score (nSPS) is 16.7. The van der Waals surface area contributed by atoms with E-state index in [0.717, 1.165) is 12.3 Å². The molecule has 9 heteroatoms. The average Bonchev–Trinajstić information content (AvgIpc) is 2.48. The number of carboxylic acids is 1. The van der Waals surface area contributed by atoms with Crippen LogP contribution in [0.5, 0.6) is 0 Å². The molecular weight excluding hydrogens is 280 g/mol. The second-order valence-electron chi connectivity index (χ2n) is 4.58. The topological polar surface area (TPSA) is 138 Å². The number of nitrogens with one attached hydrogen (secondary N) is 1. The maximum atomic E-state index is 11.5. The molecule has 0 radical (unpaired) electrons. The molecule has 0 atom stereocenters. The molecule has 1 fully saturated rings. The van der Waals surface area contributed by atoms with Gasteiger partial charge in [-0.15, -0.1) is 0 Å². The Morgan fingerprint density at radius 1 is 1.57 bits per heavy atom. The largest absolute Gasteiger partial charge is 0.480 e. The Kier molecular flexibility index (Phi) is 4.00. The van der Waals surface area contributed by atoms with Gasteiger partial charge in [-0.1, -0.05) is 0 Å². The highest BCUT2D eigenvalue weighted by Crippen LogP contribution is 2.28. The quantitative estimate of drug-likeness (QED) is 0.616. The molecular formula is C12H12N4O5. The molecule has 0 spiro atoms. The molecule has 1 saturated heterocycles. The van der Waals surface area contributed by atoms with Crippen molar-refractivity contribution in [3.05, 3.63) is 27.9 Å². The first kappa shape index (κ1) is 14.7. The van der Waals surface area contributed by atoms with Crippen molar-refractivity contribution in [2.45, 2.75) is 18.4 Å². The predicted molar refractivity (Wildman–Crippen MR) is 69.6 cm³/mol. The van der Waals surface area contributed by atoms with Crippen molar-refractivity contribution in [2.75, 3.05) is 18.5 Å². The van der Waals surface area contributed by atoms with Crippen LogP contribution in [0.4, 0.5) is 11.5 Å². The zero-order valence-corrected chi connectivity index (χ0v) is 10.9. The molecule has 21 heavy (non-hydrogen) atoms. The zero-order valence-electron chi connectivity index (χ0n) is 10.9. The lowest BCUT2D eigenvalue weighted by Crippen LogP contribution is -2.50. The van der Waals surface area contributed by atoms with Gasteiger partial charge in [0.05, 0.1) is 4.92 Å². The van der Waals surface area contributed by atoms with Crippen molar-refractivity contribution in [1.29, 1.82) is 5.26 Å². The number of aromatic nitrogens is 1. The number of aliphatic carboxylic acids is 1.